The van der Waals surface area contributed by atoms with Crippen LogP contribution in [0.2, 0.25) is 0 Å². The summed E-state index contributed by atoms with van der Waals surface area (Å²) in [4.78, 5) is 8.83. The smallest absolute Gasteiger partial charge is 0.159 e. The molecule has 1 aliphatic rings. The molecule has 0 bridgehead atoms. The lowest BCUT2D eigenvalue weighted by molar-refractivity contribution is 0.228. The Hall–Kier alpha value is -2.68. The summed E-state index contributed by atoms with van der Waals surface area (Å²) < 4.78 is 6.04. The summed E-state index contributed by atoms with van der Waals surface area (Å²) in [5.41, 5.74) is 4.49. The Labute approximate surface area is 206 Å². The molecule has 1 saturated carbocycles. The molecule has 0 saturated heterocycles. The predicted molar refractivity (Wildman–Crippen MR) is 142 cm³/mol. The molecule has 1 fully saturated rings. The maximum atomic E-state index is 6.04. The van der Waals surface area contributed by atoms with E-state index in [4.69, 9.17) is 4.74 Å². The molecule has 3 aromatic rings. The van der Waals surface area contributed by atoms with E-state index in [1.54, 1.807) is 0 Å². The minimum atomic E-state index is 0.765. The third-order valence-corrected chi connectivity index (χ3v) is 7.32. The van der Waals surface area contributed by atoms with E-state index in [9.17, 15) is 0 Å². The van der Waals surface area contributed by atoms with E-state index in [-0.39, 0.29) is 0 Å². The van der Waals surface area contributed by atoms with Crippen molar-refractivity contribution in [2.75, 3.05) is 6.61 Å². The van der Waals surface area contributed by atoms with Crippen molar-refractivity contribution in [3.63, 3.8) is 0 Å². The molecule has 0 atom stereocenters. The fraction of sp³-hybridized carbons (Fsp3) is 0.484. The second-order valence-corrected chi connectivity index (χ2v) is 10.1. The summed E-state index contributed by atoms with van der Waals surface area (Å²) in [7, 11) is 0. The number of rotatable bonds is 11. The molecule has 180 valence electrons. The average molecular weight is 457 g/mol. The zero-order valence-corrected chi connectivity index (χ0v) is 21.0. The minimum Gasteiger partial charge on any atom is -0.494 e. The summed E-state index contributed by atoms with van der Waals surface area (Å²) >= 11 is 0. The van der Waals surface area contributed by atoms with Crippen LogP contribution in [-0.4, -0.2) is 16.6 Å². The molecular weight excluding hydrogens is 416 g/mol. The molecule has 0 aliphatic heterocycles. The first kappa shape index (κ1) is 24.4. The molecule has 1 heterocycles. The van der Waals surface area contributed by atoms with Gasteiger partial charge in [-0.2, -0.15) is 0 Å². The Balaban J connectivity index is 1.18. The number of ether oxygens (including phenoxy) is 1. The van der Waals surface area contributed by atoms with Crippen molar-refractivity contribution < 1.29 is 4.74 Å². The monoisotopic (exact) mass is 456 g/mol. The summed E-state index contributed by atoms with van der Waals surface area (Å²) in [6.07, 6.45) is 17.6. The lowest BCUT2D eigenvalue weighted by Gasteiger charge is -2.28. The normalized spacial score (nSPS) is 18.1. The van der Waals surface area contributed by atoms with Gasteiger partial charge in [0.05, 0.1) is 6.61 Å². The maximum Gasteiger partial charge on any atom is 0.159 e. The lowest BCUT2D eigenvalue weighted by atomic mass is 9.78. The Morgan fingerprint density at radius 2 is 1.24 bits per heavy atom. The second-order valence-electron chi connectivity index (χ2n) is 10.1. The van der Waals surface area contributed by atoms with Crippen LogP contribution in [0.4, 0.5) is 0 Å². The first-order valence-electron chi connectivity index (χ1n) is 13.3. The van der Waals surface area contributed by atoms with Crippen molar-refractivity contribution in [3.05, 3.63) is 66.5 Å². The summed E-state index contributed by atoms with van der Waals surface area (Å²) in [6.45, 7) is 5.12. The summed E-state index contributed by atoms with van der Waals surface area (Å²) in [6, 6.07) is 16.9. The van der Waals surface area contributed by atoms with Crippen LogP contribution >= 0.6 is 0 Å². The number of aryl methyl sites for hydroxylation is 1. The molecule has 0 spiro atoms. The molecule has 1 aliphatic carbocycles. The fourth-order valence-corrected chi connectivity index (χ4v) is 5.15. The van der Waals surface area contributed by atoms with Crippen molar-refractivity contribution in [3.8, 4) is 28.3 Å². The van der Waals surface area contributed by atoms with E-state index >= 15 is 0 Å². The average Bonchev–Trinajstić information content (AvgIpc) is 2.89. The van der Waals surface area contributed by atoms with Crippen LogP contribution in [-0.2, 0) is 0 Å². The van der Waals surface area contributed by atoms with Crippen molar-refractivity contribution >= 4 is 0 Å². The maximum absolute atomic E-state index is 6.04. The predicted octanol–water partition coefficient (Wildman–Crippen LogP) is 8.66. The van der Waals surface area contributed by atoms with Crippen LogP contribution in [0.5, 0.6) is 5.75 Å². The number of hydrogen-bond acceptors (Lipinski definition) is 3. The zero-order chi connectivity index (χ0) is 23.6. The number of aromatic nitrogens is 2. The van der Waals surface area contributed by atoms with Gasteiger partial charge in [0.25, 0.3) is 0 Å². The van der Waals surface area contributed by atoms with Crippen molar-refractivity contribution in [1.29, 1.82) is 0 Å². The Morgan fingerprint density at radius 3 is 1.82 bits per heavy atom. The van der Waals surface area contributed by atoms with Crippen molar-refractivity contribution in [1.82, 2.24) is 9.97 Å². The molecule has 0 amide bonds. The van der Waals surface area contributed by atoms with Gasteiger partial charge in [0.15, 0.2) is 5.82 Å². The third-order valence-electron chi connectivity index (χ3n) is 7.32. The van der Waals surface area contributed by atoms with Crippen molar-refractivity contribution in [2.45, 2.75) is 78.1 Å². The summed E-state index contributed by atoms with van der Waals surface area (Å²) in [5, 5.41) is 0. The molecule has 34 heavy (non-hydrogen) atoms. The Kier molecular flexibility index (Phi) is 9.12. The SMILES string of the molecule is CCCCCC1CCC(CCCOc2ccc(-c3ccc(-c4ncc(C)cn4)cc3)cc2)CC1. The van der Waals surface area contributed by atoms with E-state index in [0.717, 1.165) is 47.6 Å². The highest BCUT2D eigenvalue weighted by Crippen LogP contribution is 2.34. The van der Waals surface area contributed by atoms with Gasteiger partial charge in [-0.1, -0.05) is 94.7 Å². The molecule has 3 nitrogen and oxygen atoms in total. The minimum absolute atomic E-state index is 0.765. The third kappa shape index (κ3) is 7.16. The van der Waals surface area contributed by atoms with E-state index in [1.165, 1.54) is 68.9 Å². The van der Waals surface area contributed by atoms with E-state index < -0.39 is 0 Å². The molecule has 4 rings (SSSR count). The summed E-state index contributed by atoms with van der Waals surface area (Å²) in [5.74, 6) is 3.65. The molecule has 0 unspecified atom stereocenters. The van der Waals surface area contributed by atoms with Gasteiger partial charge in [-0.05, 0) is 60.4 Å². The van der Waals surface area contributed by atoms with Crippen molar-refractivity contribution in [2.24, 2.45) is 11.8 Å². The van der Waals surface area contributed by atoms with Gasteiger partial charge in [0.2, 0.25) is 0 Å². The van der Waals surface area contributed by atoms with E-state index in [1.807, 2.05) is 19.3 Å². The zero-order valence-electron chi connectivity index (χ0n) is 21.0. The van der Waals surface area contributed by atoms with E-state index in [0.29, 0.717) is 0 Å². The lowest BCUT2D eigenvalue weighted by Crippen LogP contribution is -2.15. The van der Waals surface area contributed by atoms with Gasteiger partial charge < -0.3 is 4.74 Å². The van der Waals surface area contributed by atoms with E-state index in [2.05, 4.69) is 65.4 Å². The topological polar surface area (TPSA) is 35.0 Å². The Bertz CT molecular complexity index is 971. The van der Waals surface area contributed by atoms with Crippen LogP contribution < -0.4 is 4.74 Å². The highest BCUT2D eigenvalue weighted by Gasteiger charge is 2.20. The quantitative estimate of drug-likeness (QED) is 0.271. The molecule has 2 aromatic carbocycles. The number of hydrogen-bond donors (Lipinski definition) is 0. The number of nitrogens with zero attached hydrogens (tertiary/aromatic N) is 2. The second kappa shape index (κ2) is 12.7. The first-order valence-corrected chi connectivity index (χ1v) is 13.3. The highest BCUT2D eigenvalue weighted by molar-refractivity contribution is 5.68. The fourth-order valence-electron chi connectivity index (χ4n) is 5.15. The highest BCUT2D eigenvalue weighted by atomic mass is 16.5. The van der Waals surface area contributed by atoms with Crippen LogP contribution in [0.25, 0.3) is 22.5 Å². The standard InChI is InChI=1S/C31H40N2O/c1-3-4-5-7-25-9-11-26(12-10-25)8-6-21-34-30-19-17-28(18-20-30)27-13-15-29(16-14-27)31-32-22-24(2)23-33-31/h13-20,22-23,25-26H,3-12,21H2,1-2H3. The van der Waals surface area contributed by atoms with Crippen LogP contribution in [0.3, 0.4) is 0 Å². The number of unbranched alkanes of at least 4 members (excludes halogenated alkanes) is 2. The van der Waals surface area contributed by atoms with Gasteiger partial charge in [-0.3, -0.25) is 0 Å². The van der Waals surface area contributed by atoms with Gasteiger partial charge in [-0.15, -0.1) is 0 Å². The van der Waals surface area contributed by atoms with Gasteiger partial charge in [-0.25, -0.2) is 9.97 Å². The molecule has 0 radical (unpaired) electrons. The molecular formula is C31H40N2O. The van der Waals surface area contributed by atoms with Crippen LogP contribution in [0.15, 0.2) is 60.9 Å². The van der Waals surface area contributed by atoms with Gasteiger partial charge >= 0.3 is 0 Å². The molecule has 1 aromatic heterocycles. The first-order chi connectivity index (χ1) is 16.7. The largest absolute Gasteiger partial charge is 0.494 e. The van der Waals surface area contributed by atoms with Crippen LogP contribution in [0.1, 0.15) is 76.7 Å². The van der Waals surface area contributed by atoms with Crippen LogP contribution in [0, 0.1) is 18.8 Å². The molecule has 0 N–H and O–H groups in total. The number of benzene rings is 2. The molecule has 3 heteroatoms. The van der Waals surface area contributed by atoms with Gasteiger partial charge in [0, 0.05) is 18.0 Å². The Morgan fingerprint density at radius 1 is 0.706 bits per heavy atom. The van der Waals surface area contributed by atoms with Gasteiger partial charge in [0.1, 0.15) is 5.75 Å².